The molecule has 0 radical (unpaired) electrons. The van der Waals surface area contributed by atoms with Gasteiger partial charge in [-0.2, -0.15) is 0 Å². The molecule has 4 N–H and O–H groups in total. The van der Waals surface area contributed by atoms with E-state index in [9.17, 15) is 19.5 Å². The molecule has 1 aromatic rings. The monoisotopic (exact) mass is 449 g/mol. The molecule has 1 aromatic heterocycles. The summed E-state index contributed by atoms with van der Waals surface area (Å²) in [5.74, 6) is -1.98. The largest absolute Gasteiger partial charge is 0.477 e. The van der Waals surface area contributed by atoms with Gasteiger partial charge < -0.3 is 21.0 Å². The quantitative estimate of drug-likeness (QED) is 0.175. The van der Waals surface area contributed by atoms with Crippen LogP contribution >= 0.6 is 23.1 Å². The van der Waals surface area contributed by atoms with Crippen LogP contribution in [0.2, 0.25) is 0 Å². The fourth-order valence-electron chi connectivity index (χ4n) is 2.94. The van der Waals surface area contributed by atoms with Crippen LogP contribution in [0, 0.1) is 0 Å². The minimum absolute atomic E-state index is 0.0668. The number of nitrogen functional groups attached to an aromatic ring is 1. The number of thioether (sulfide) groups is 1. The number of hydrogen-bond donors (Lipinski definition) is 3. The molecule has 10 nitrogen and oxygen atoms in total. The van der Waals surface area contributed by atoms with Crippen LogP contribution in [0.4, 0.5) is 5.13 Å². The zero-order valence-corrected chi connectivity index (χ0v) is 17.5. The van der Waals surface area contributed by atoms with Gasteiger partial charge in [-0.3, -0.25) is 14.5 Å². The third-order valence-corrected chi connectivity index (χ3v) is 6.16. The number of carbonyl (C=O) groups excluding carboxylic acids is 2. The molecule has 1 fully saturated rings. The third-order valence-electron chi connectivity index (χ3n) is 4.18. The Morgan fingerprint density at radius 2 is 2.33 bits per heavy atom. The van der Waals surface area contributed by atoms with Crippen LogP contribution in [-0.2, 0) is 19.2 Å². The molecule has 0 unspecified atom stereocenters. The fraction of sp³-hybridized carbons (Fsp3) is 0.278. The van der Waals surface area contributed by atoms with E-state index in [-0.39, 0.29) is 28.8 Å². The molecule has 0 aromatic carbocycles. The number of aliphatic carboxylic acids is 1. The minimum atomic E-state index is -1.19. The highest BCUT2D eigenvalue weighted by atomic mass is 32.2. The van der Waals surface area contributed by atoms with Gasteiger partial charge >= 0.3 is 5.97 Å². The predicted molar refractivity (Wildman–Crippen MR) is 114 cm³/mol. The Kier molecular flexibility index (Phi) is 6.57. The summed E-state index contributed by atoms with van der Waals surface area (Å²) in [5, 5.41) is 17.2. The molecule has 12 heteroatoms. The normalized spacial score (nSPS) is 21.3. The molecule has 158 valence electrons. The number of nitrogens with one attached hydrogen (secondary N) is 1. The first-order valence-electron chi connectivity index (χ1n) is 8.76. The fourth-order valence-corrected chi connectivity index (χ4v) is 4.80. The summed E-state index contributed by atoms with van der Waals surface area (Å²) in [7, 11) is 0. The van der Waals surface area contributed by atoms with Crippen molar-refractivity contribution in [2.24, 2.45) is 5.16 Å². The second kappa shape index (κ2) is 9.13. The van der Waals surface area contributed by atoms with E-state index in [4.69, 9.17) is 10.6 Å². The molecule has 1 saturated heterocycles. The SMILES string of the molecule is C=CCO/N=C(\C(=O)N[C@@H]1C(=O)N2C(C(=O)O)=C(/C=C\C)CS[C@@H]12)c1csc(N)n1. The Morgan fingerprint density at radius 1 is 1.57 bits per heavy atom. The first-order valence-corrected chi connectivity index (χ1v) is 10.7. The van der Waals surface area contributed by atoms with Crippen LogP contribution in [0.15, 0.2) is 46.6 Å². The second-order valence-corrected chi connectivity index (χ2v) is 8.13. The van der Waals surface area contributed by atoms with Crippen molar-refractivity contribution < 1.29 is 24.3 Å². The third kappa shape index (κ3) is 4.09. The van der Waals surface area contributed by atoms with Gasteiger partial charge in [0.2, 0.25) is 0 Å². The molecule has 3 rings (SSSR count). The number of amides is 2. The van der Waals surface area contributed by atoms with Gasteiger partial charge in [0.15, 0.2) is 10.8 Å². The summed E-state index contributed by atoms with van der Waals surface area (Å²) in [6.07, 6.45) is 4.84. The summed E-state index contributed by atoms with van der Waals surface area (Å²) >= 11 is 2.50. The molecule has 2 atom stereocenters. The number of thiazole rings is 1. The summed E-state index contributed by atoms with van der Waals surface area (Å²) in [6, 6.07) is -0.899. The van der Waals surface area contributed by atoms with Crippen LogP contribution in [0.1, 0.15) is 12.6 Å². The number of oxime groups is 1. The van der Waals surface area contributed by atoms with E-state index in [2.05, 4.69) is 22.0 Å². The maximum atomic E-state index is 12.8. The number of hydrogen-bond acceptors (Lipinski definition) is 9. The maximum Gasteiger partial charge on any atom is 0.352 e. The summed E-state index contributed by atoms with van der Waals surface area (Å²) in [6.45, 7) is 5.35. The van der Waals surface area contributed by atoms with Gasteiger partial charge in [0.05, 0.1) is 0 Å². The van der Waals surface area contributed by atoms with E-state index in [0.29, 0.717) is 11.3 Å². The number of aromatic nitrogens is 1. The van der Waals surface area contributed by atoms with Crippen LogP contribution in [0.3, 0.4) is 0 Å². The van der Waals surface area contributed by atoms with E-state index < -0.39 is 29.2 Å². The topological polar surface area (TPSA) is 147 Å². The number of allylic oxidation sites excluding steroid dienone is 2. The summed E-state index contributed by atoms with van der Waals surface area (Å²) < 4.78 is 0. The van der Waals surface area contributed by atoms with E-state index in [0.717, 1.165) is 11.3 Å². The van der Waals surface area contributed by atoms with Crippen molar-refractivity contribution in [3.8, 4) is 0 Å². The molecule has 0 aliphatic carbocycles. The Bertz CT molecular complexity index is 983. The average molecular weight is 450 g/mol. The molecular formula is C18H19N5O5S2. The molecule has 2 aliphatic rings. The molecule has 2 amide bonds. The lowest BCUT2D eigenvalue weighted by Crippen LogP contribution is -2.71. The van der Waals surface area contributed by atoms with Gasteiger partial charge in [-0.15, -0.1) is 23.1 Å². The van der Waals surface area contributed by atoms with Crippen molar-refractivity contribution in [3.63, 3.8) is 0 Å². The van der Waals surface area contributed by atoms with E-state index in [1.807, 2.05) is 0 Å². The standard InChI is InChI=1S/C18H19N5O5S2/c1-3-5-9-7-29-16-12(15(25)23(16)13(9)17(26)27)21-14(24)11(22-28-6-4-2)10-8-30-18(19)20-10/h3-5,8,12,16H,2,6-7H2,1H3,(H2,19,20)(H,21,24)(H,26,27)/b5-3-,22-11-/t12-,16+/m1/s1. The second-order valence-electron chi connectivity index (χ2n) is 6.14. The van der Waals surface area contributed by atoms with E-state index >= 15 is 0 Å². The zero-order chi connectivity index (χ0) is 21.8. The van der Waals surface area contributed by atoms with Crippen LogP contribution in [0.5, 0.6) is 0 Å². The first-order chi connectivity index (χ1) is 14.4. The number of anilines is 1. The smallest absolute Gasteiger partial charge is 0.352 e. The van der Waals surface area contributed by atoms with Crippen molar-refractivity contribution in [1.29, 1.82) is 0 Å². The van der Waals surface area contributed by atoms with E-state index in [1.165, 1.54) is 22.7 Å². The van der Waals surface area contributed by atoms with Crippen molar-refractivity contribution in [2.75, 3.05) is 18.1 Å². The highest BCUT2D eigenvalue weighted by Crippen LogP contribution is 2.40. The number of fused-ring (bicyclic) bond motifs is 1. The average Bonchev–Trinajstić information content (AvgIpc) is 3.14. The van der Waals surface area contributed by atoms with Crippen molar-refractivity contribution in [1.82, 2.24) is 15.2 Å². The molecular weight excluding hydrogens is 430 g/mol. The van der Waals surface area contributed by atoms with Crippen molar-refractivity contribution in [2.45, 2.75) is 18.3 Å². The summed E-state index contributed by atoms with van der Waals surface area (Å²) in [5.41, 5.74) is 6.18. The zero-order valence-electron chi connectivity index (χ0n) is 15.9. The number of nitrogens with two attached hydrogens (primary N) is 1. The van der Waals surface area contributed by atoms with Gasteiger partial charge in [0.1, 0.15) is 29.4 Å². The Morgan fingerprint density at radius 3 is 2.93 bits per heavy atom. The molecule has 30 heavy (non-hydrogen) atoms. The lowest BCUT2D eigenvalue weighted by atomic mass is 10.0. The van der Waals surface area contributed by atoms with Gasteiger partial charge in [-0.25, -0.2) is 9.78 Å². The highest BCUT2D eigenvalue weighted by molar-refractivity contribution is 8.00. The number of carbonyl (C=O) groups is 3. The number of nitrogens with zero attached hydrogens (tertiary/aromatic N) is 3. The van der Waals surface area contributed by atoms with Gasteiger partial charge in [0.25, 0.3) is 11.8 Å². The minimum Gasteiger partial charge on any atom is -0.477 e. The van der Waals surface area contributed by atoms with Crippen LogP contribution < -0.4 is 11.1 Å². The molecule has 2 aliphatic heterocycles. The van der Waals surface area contributed by atoms with Crippen LogP contribution in [-0.4, -0.2) is 62.3 Å². The number of carboxylic acids is 1. The van der Waals surface area contributed by atoms with Crippen molar-refractivity contribution >= 4 is 51.7 Å². The summed E-state index contributed by atoms with van der Waals surface area (Å²) in [4.78, 5) is 47.4. The maximum absolute atomic E-state index is 12.8. The molecule has 3 heterocycles. The first kappa shape index (κ1) is 21.6. The Hall–Kier alpha value is -3.12. The lowest BCUT2D eigenvalue weighted by molar-refractivity contribution is -0.150. The Labute approximate surface area is 180 Å². The molecule has 0 bridgehead atoms. The lowest BCUT2D eigenvalue weighted by Gasteiger charge is -2.49. The molecule has 0 spiro atoms. The number of carboxylic acid groups (broad SMARTS) is 1. The van der Waals surface area contributed by atoms with Gasteiger partial charge in [-0.05, 0) is 12.5 Å². The predicted octanol–water partition coefficient (Wildman–Crippen LogP) is 0.947. The van der Waals surface area contributed by atoms with E-state index in [1.54, 1.807) is 24.5 Å². The van der Waals surface area contributed by atoms with Crippen LogP contribution in [0.25, 0.3) is 0 Å². The molecule has 0 saturated carbocycles. The number of rotatable bonds is 8. The van der Waals surface area contributed by atoms with Crippen molar-refractivity contribution in [3.05, 3.63) is 47.2 Å². The number of β-lactam (4-membered cyclic amide) rings is 1. The van der Waals surface area contributed by atoms with Gasteiger partial charge in [0, 0.05) is 11.1 Å². The highest BCUT2D eigenvalue weighted by Gasteiger charge is 2.54. The van der Waals surface area contributed by atoms with Gasteiger partial charge in [-0.1, -0.05) is 30.0 Å². The Balaban J connectivity index is 1.80.